The molecule has 0 bridgehead atoms. The molecule has 0 spiro atoms. The van der Waals surface area contributed by atoms with Crippen molar-refractivity contribution in [2.24, 2.45) is 0 Å². The van der Waals surface area contributed by atoms with Gasteiger partial charge >= 0.3 is 6.03 Å². The van der Waals surface area contributed by atoms with Crippen LogP contribution in [0.25, 0.3) is 10.9 Å². The first-order chi connectivity index (χ1) is 16.1. The van der Waals surface area contributed by atoms with Gasteiger partial charge in [0.25, 0.3) is 0 Å². The van der Waals surface area contributed by atoms with E-state index in [1.54, 1.807) is 16.3 Å². The minimum atomic E-state index is -0.00538. The van der Waals surface area contributed by atoms with Crippen LogP contribution in [0.15, 0.2) is 83.9 Å². The number of hydrogen-bond acceptors (Lipinski definition) is 3. The lowest BCUT2D eigenvalue weighted by molar-refractivity contribution is 0.206. The molecule has 0 aliphatic heterocycles. The molecular formula is C28H30N2O2S. The number of rotatable bonds is 8. The molecule has 0 saturated heterocycles. The van der Waals surface area contributed by atoms with Gasteiger partial charge in [-0.3, -0.25) is 4.57 Å². The number of aromatic nitrogens is 1. The third-order valence-corrected chi connectivity index (χ3v) is 6.64. The van der Waals surface area contributed by atoms with Gasteiger partial charge in [-0.25, -0.2) is 4.79 Å². The van der Waals surface area contributed by atoms with Crippen LogP contribution in [-0.2, 0) is 13.0 Å². The first-order valence-electron chi connectivity index (χ1n) is 11.4. The van der Waals surface area contributed by atoms with E-state index in [4.69, 9.17) is 4.74 Å². The number of ether oxygens (including phenoxy) is 1. The van der Waals surface area contributed by atoms with Crippen LogP contribution in [0.2, 0.25) is 0 Å². The van der Waals surface area contributed by atoms with Crippen molar-refractivity contribution in [3.8, 4) is 5.75 Å². The van der Waals surface area contributed by atoms with E-state index in [2.05, 4.69) is 42.7 Å². The van der Waals surface area contributed by atoms with Crippen molar-refractivity contribution in [3.63, 3.8) is 0 Å². The number of hydrogen-bond donors (Lipinski definition) is 0. The lowest BCUT2D eigenvalue weighted by Crippen LogP contribution is -2.33. The van der Waals surface area contributed by atoms with Gasteiger partial charge in [0.15, 0.2) is 0 Å². The van der Waals surface area contributed by atoms with E-state index in [9.17, 15) is 4.79 Å². The van der Waals surface area contributed by atoms with Gasteiger partial charge in [-0.05, 0) is 67.5 Å². The summed E-state index contributed by atoms with van der Waals surface area (Å²) in [5, 5.41) is 1.00. The molecule has 0 unspecified atom stereocenters. The van der Waals surface area contributed by atoms with Gasteiger partial charge in [0.05, 0.1) is 5.52 Å². The summed E-state index contributed by atoms with van der Waals surface area (Å²) in [6.07, 6.45) is 4.80. The second-order valence-corrected chi connectivity index (χ2v) is 8.81. The molecule has 33 heavy (non-hydrogen) atoms. The molecule has 1 amide bonds. The molecule has 170 valence electrons. The Morgan fingerprint density at radius 3 is 2.30 bits per heavy atom. The first kappa shape index (κ1) is 23.0. The standard InChI is InChI=1S/C28H30N2O2S/c1-4-29(5-2)28(31)30-19-23(18-21-14-16-24(33-3)17-15-21)27-25(30)12-9-13-26(27)32-20-22-10-7-6-8-11-22/h6-17,19H,4-5,18,20H2,1-3H3. The molecular weight excluding hydrogens is 428 g/mol. The summed E-state index contributed by atoms with van der Waals surface area (Å²) >= 11 is 1.74. The quantitative estimate of drug-likeness (QED) is 0.271. The maximum Gasteiger partial charge on any atom is 0.328 e. The van der Waals surface area contributed by atoms with Crippen molar-refractivity contribution in [1.82, 2.24) is 9.47 Å². The Morgan fingerprint density at radius 1 is 0.909 bits per heavy atom. The van der Waals surface area contributed by atoms with Gasteiger partial charge in [-0.1, -0.05) is 48.5 Å². The van der Waals surface area contributed by atoms with E-state index in [0.717, 1.165) is 34.2 Å². The molecule has 0 N–H and O–H groups in total. The van der Waals surface area contributed by atoms with E-state index in [1.807, 2.05) is 61.3 Å². The predicted octanol–water partition coefficient (Wildman–Crippen LogP) is 6.84. The number of carbonyl (C=O) groups is 1. The molecule has 0 aliphatic rings. The molecule has 1 heterocycles. The average Bonchev–Trinajstić information content (AvgIpc) is 3.23. The fourth-order valence-electron chi connectivity index (χ4n) is 4.09. The summed E-state index contributed by atoms with van der Waals surface area (Å²) in [4.78, 5) is 16.4. The first-order valence-corrected chi connectivity index (χ1v) is 12.6. The molecule has 5 heteroatoms. The van der Waals surface area contributed by atoms with Gasteiger partial charge in [0.1, 0.15) is 12.4 Å². The fraction of sp³-hybridized carbons (Fsp3) is 0.250. The van der Waals surface area contributed by atoms with E-state index in [0.29, 0.717) is 19.7 Å². The summed E-state index contributed by atoms with van der Waals surface area (Å²) in [6, 6.07) is 24.7. The second kappa shape index (κ2) is 10.6. The summed E-state index contributed by atoms with van der Waals surface area (Å²) in [7, 11) is 0. The number of fused-ring (bicyclic) bond motifs is 1. The van der Waals surface area contributed by atoms with Crippen LogP contribution in [0, 0.1) is 0 Å². The predicted molar refractivity (Wildman–Crippen MR) is 137 cm³/mol. The molecule has 4 aromatic rings. The Labute approximate surface area is 200 Å². The van der Waals surface area contributed by atoms with Gasteiger partial charge < -0.3 is 9.64 Å². The maximum atomic E-state index is 13.3. The topological polar surface area (TPSA) is 34.5 Å². The van der Waals surface area contributed by atoms with Gasteiger partial charge in [0, 0.05) is 29.6 Å². The molecule has 3 aromatic carbocycles. The number of benzene rings is 3. The second-order valence-electron chi connectivity index (χ2n) is 7.93. The number of carbonyl (C=O) groups excluding carboxylic acids is 1. The van der Waals surface area contributed by atoms with Crippen LogP contribution < -0.4 is 4.74 Å². The molecule has 0 radical (unpaired) electrons. The minimum Gasteiger partial charge on any atom is -0.488 e. The lowest BCUT2D eigenvalue weighted by atomic mass is 10.0. The number of nitrogens with zero attached hydrogens (tertiary/aromatic N) is 2. The highest BCUT2D eigenvalue weighted by molar-refractivity contribution is 7.98. The van der Waals surface area contributed by atoms with Crippen molar-refractivity contribution >= 4 is 28.7 Å². The van der Waals surface area contributed by atoms with E-state index < -0.39 is 0 Å². The Bertz CT molecular complexity index is 1210. The van der Waals surface area contributed by atoms with Crippen LogP contribution in [0.1, 0.15) is 30.5 Å². The number of amides is 1. The highest BCUT2D eigenvalue weighted by Crippen LogP contribution is 2.33. The third kappa shape index (κ3) is 5.09. The highest BCUT2D eigenvalue weighted by Gasteiger charge is 2.20. The summed E-state index contributed by atoms with van der Waals surface area (Å²) in [6.45, 7) is 5.84. The third-order valence-electron chi connectivity index (χ3n) is 5.90. The van der Waals surface area contributed by atoms with E-state index >= 15 is 0 Å². The normalized spacial score (nSPS) is 11.0. The molecule has 0 saturated carbocycles. The SMILES string of the molecule is CCN(CC)C(=O)n1cc(Cc2ccc(SC)cc2)c2c(OCc3ccccc3)cccc21. The zero-order chi connectivity index (χ0) is 23.2. The lowest BCUT2D eigenvalue weighted by Gasteiger charge is -2.19. The van der Waals surface area contributed by atoms with Gasteiger partial charge in [-0.15, -0.1) is 11.8 Å². The molecule has 0 fully saturated rings. The smallest absolute Gasteiger partial charge is 0.328 e. The fourth-order valence-corrected chi connectivity index (χ4v) is 4.50. The molecule has 1 aromatic heterocycles. The monoisotopic (exact) mass is 458 g/mol. The maximum absolute atomic E-state index is 13.3. The van der Waals surface area contributed by atoms with Crippen molar-refractivity contribution in [2.45, 2.75) is 31.8 Å². The Kier molecular flexibility index (Phi) is 7.40. The van der Waals surface area contributed by atoms with Crippen molar-refractivity contribution in [3.05, 3.63) is 95.7 Å². The Balaban J connectivity index is 1.76. The Morgan fingerprint density at radius 2 is 1.64 bits per heavy atom. The van der Waals surface area contributed by atoms with Crippen LogP contribution in [-0.4, -0.2) is 34.8 Å². The van der Waals surface area contributed by atoms with E-state index in [1.165, 1.54) is 10.5 Å². The minimum absolute atomic E-state index is 0.00538. The van der Waals surface area contributed by atoms with Crippen LogP contribution >= 0.6 is 11.8 Å². The van der Waals surface area contributed by atoms with Crippen molar-refractivity contribution in [2.75, 3.05) is 19.3 Å². The Hall–Kier alpha value is -3.18. The van der Waals surface area contributed by atoms with Crippen LogP contribution in [0.4, 0.5) is 4.79 Å². The largest absolute Gasteiger partial charge is 0.488 e. The summed E-state index contributed by atoms with van der Waals surface area (Å²) in [5.41, 5.74) is 4.29. The molecule has 0 aliphatic carbocycles. The summed E-state index contributed by atoms with van der Waals surface area (Å²) < 4.78 is 8.07. The van der Waals surface area contributed by atoms with Gasteiger partial charge in [-0.2, -0.15) is 0 Å². The zero-order valence-corrected chi connectivity index (χ0v) is 20.3. The molecule has 4 nitrogen and oxygen atoms in total. The zero-order valence-electron chi connectivity index (χ0n) is 19.5. The van der Waals surface area contributed by atoms with Gasteiger partial charge in [0.2, 0.25) is 0 Å². The van der Waals surface area contributed by atoms with Crippen LogP contribution in [0.3, 0.4) is 0 Å². The van der Waals surface area contributed by atoms with Crippen molar-refractivity contribution < 1.29 is 9.53 Å². The highest BCUT2D eigenvalue weighted by atomic mass is 32.2. The van der Waals surface area contributed by atoms with Crippen LogP contribution in [0.5, 0.6) is 5.75 Å². The molecule has 4 rings (SSSR count). The molecule has 0 atom stereocenters. The average molecular weight is 459 g/mol. The van der Waals surface area contributed by atoms with E-state index in [-0.39, 0.29) is 6.03 Å². The van der Waals surface area contributed by atoms with Crippen molar-refractivity contribution in [1.29, 1.82) is 0 Å². The summed E-state index contributed by atoms with van der Waals surface area (Å²) in [5.74, 6) is 0.804. The number of thioether (sulfide) groups is 1.